The van der Waals surface area contributed by atoms with Crippen molar-refractivity contribution in [2.24, 2.45) is 11.8 Å². The van der Waals surface area contributed by atoms with E-state index in [4.69, 9.17) is 4.74 Å². The molecule has 8 heteroatoms. The van der Waals surface area contributed by atoms with Crippen molar-refractivity contribution in [3.05, 3.63) is 29.6 Å². The summed E-state index contributed by atoms with van der Waals surface area (Å²) in [7, 11) is 0. The van der Waals surface area contributed by atoms with E-state index in [9.17, 15) is 23.6 Å². The maximum Gasteiger partial charge on any atom is 0.329 e. The van der Waals surface area contributed by atoms with Gasteiger partial charge in [0.1, 0.15) is 11.9 Å². The summed E-state index contributed by atoms with van der Waals surface area (Å²) in [5, 5.41) is 2.43. The number of aryl methyl sites for hydroxylation is 1. The highest BCUT2D eigenvalue weighted by atomic mass is 19.1. The highest BCUT2D eigenvalue weighted by Crippen LogP contribution is 2.38. The summed E-state index contributed by atoms with van der Waals surface area (Å²) in [5.41, 5.74) is 0.685. The summed E-state index contributed by atoms with van der Waals surface area (Å²) in [5.74, 6) is -3.30. The fraction of sp³-hybridized carbons (Fsp3) is 0.500. The standard InChI is InChI=1S/C20H23FN2O5/c1-11-7-8-13(9-16(11)21)22-17(24)10-28-20(27)12(2)23-18(25)14-5-3-4-6-15(14)19(23)26/h7-9,12,14-15H,3-6,10H2,1-2H3,(H,22,24)/t12-,14-,15+/m0/s1. The number of carbonyl (C=O) groups excluding carboxylic acids is 4. The van der Waals surface area contributed by atoms with E-state index < -0.39 is 30.3 Å². The number of amides is 3. The van der Waals surface area contributed by atoms with Crippen LogP contribution >= 0.6 is 0 Å². The molecular formula is C20H23FN2O5. The number of ether oxygens (including phenoxy) is 1. The number of fused-ring (bicyclic) bond motifs is 1. The maximum absolute atomic E-state index is 13.5. The van der Waals surface area contributed by atoms with Crippen LogP contribution in [0.25, 0.3) is 0 Å². The Hall–Kier alpha value is -2.77. The number of nitrogens with zero attached hydrogens (tertiary/aromatic N) is 1. The number of hydrogen-bond donors (Lipinski definition) is 1. The summed E-state index contributed by atoms with van der Waals surface area (Å²) >= 11 is 0. The molecule has 0 spiro atoms. The quantitative estimate of drug-likeness (QED) is 0.614. The lowest BCUT2D eigenvalue weighted by atomic mass is 9.81. The van der Waals surface area contributed by atoms with Crippen molar-refractivity contribution in [3.8, 4) is 0 Å². The first-order valence-electron chi connectivity index (χ1n) is 9.39. The zero-order chi connectivity index (χ0) is 20.4. The number of carbonyl (C=O) groups is 4. The maximum atomic E-state index is 13.5. The zero-order valence-corrected chi connectivity index (χ0v) is 15.9. The van der Waals surface area contributed by atoms with Gasteiger partial charge in [-0.3, -0.25) is 19.3 Å². The van der Waals surface area contributed by atoms with E-state index in [0.29, 0.717) is 18.4 Å². The van der Waals surface area contributed by atoms with Crippen LogP contribution in [-0.2, 0) is 23.9 Å². The molecule has 2 aliphatic rings. The number of nitrogens with one attached hydrogen (secondary N) is 1. The van der Waals surface area contributed by atoms with Gasteiger partial charge in [0, 0.05) is 5.69 Å². The van der Waals surface area contributed by atoms with Crippen LogP contribution in [-0.4, -0.2) is 41.2 Å². The van der Waals surface area contributed by atoms with Crippen LogP contribution in [0.3, 0.4) is 0 Å². The monoisotopic (exact) mass is 390 g/mol. The number of rotatable bonds is 5. The Morgan fingerprint density at radius 2 is 1.82 bits per heavy atom. The van der Waals surface area contributed by atoms with Gasteiger partial charge in [0.05, 0.1) is 11.8 Å². The van der Waals surface area contributed by atoms with Crippen LogP contribution in [0.2, 0.25) is 0 Å². The summed E-state index contributed by atoms with van der Waals surface area (Å²) in [6.07, 6.45) is 3.10. The minimum absolute atomic E-state index is 0.242. The summed E-state index contributed by atoms with van der Waals surface area (Å²) in [6.45, 7) is 2.42. The zero-order valence-electron chi connectivity index (χ0n) is 15.9. The lowest BCUT2D eigenvalue weighted by Gasteiger charge is -2.21. The molecule has 3 amide bonds. The Kier molecular flexibility index (Phi) is 5.76. The van der Waals surface area contributed by atoms with Gasteiger partial charge < -0.3 is 10.1 Å². The van der Waals surface area contributed by atoms with E-state index in [0.717, 1.165) is 17.7 Å². The van der Waals surface area contributed by atoms with Crippen molar-refractivity contribution in [3.63, 3.8) is 0 Å². The summed E-state index contributed by atoms with van der Waals surface area (Å²) in [6, 6.07) is 3.13. The molecule has 3 atom stereocenters. The molecule has 0 unspecified atom stereocenters. The number of anilines is 1. The average Bonchev–Trinajstić information content (AvgIpc) is 2.93. The van der Waals surface area contributed by atoms with Gasteiger partial charge in [-0.05, 0) is 44.4 Å². The smallest absolute Gasteiger partial charge is 0.329 e. The molecule has 0 bridgehead atoms. The molecular weight excluding hydrogens is 367 g/mol. The molecule has 1 aromatic rings. The third kappa shape index (κ3) is 3.90. The lowest BCUT2D eigenvalue weighted by Crippen LogP contribution is -2.45. The van der Waals surface area contributed by atoms with Crippen LogP contribution in [0.4, 0.5) is 10.1 Å². The van der Waals surface area contributed by atoms with Crippen LogP contribution in [0.15, 0.2) is 18.2 Å². The van der Waals surface area contributed by atoms with Gasteiger partial charge in [-0.2, -0.15) is 0 Å². The van der Waals surface area contributed by atoms with Crippen LogP contribution < -0.4 is 5.32 Å². The first-order valence-corrected chi connectivity index (χ1v) is 9.39. The highest BCUT2D eigenvalue weighted by Gasteiger charge is 2.51. The SMILES string of the molecule is Cc1ccc(NC(=O)COC(=O)[C@H](C)N2C(=O)[C@H]3CCCC[C@H]3C2=O)cc1F. The number of halogens is 1. The van der Waals surface area contributed by atoms with E-state index in [2.05, 4.69) is 5.32 Å². The Bertz CT molecular complexity index is 801. The summed E-state index contributed by atoms with van der Waals surface area (Å²) < 4.78 is 18.5. The second-order valence-corrected chi connectivity index (χ2v) is 7.34. The van der Waals surface area contributed by atoms with Gasteiger partial charge in [0.25, 0.3) is 5.91 Å². The molecule has 3 rings (SSSR count). The molecule has 1 aliphatic heterocycles. The molecule has 1 aliphatic carbocycles. The van der Waals surface area contributed by atoms with Crippen molar-refractivity contribution in [2.75, 3.05) is 11.9 Å². The second kappa shape index (κ2) is 8.08. The minimum atomic E-state index is -1.09. The third-order valence-corrected chi connectivity index (χ3v) is 5.40. The predicted octanol–water partition coefficient (Wildman–Crippen LogP) is 2.18. The third-order valence-electron chi connectivity index (χ3n) is 5.40. The van der Waals surface area contributed by atoms with Gasteiger partial charge in [0.15, 0.2) is 6.61 Å². The molecule has 7 nitrogen and oxygen atoms in total. The van der Waals surface area contributed by atoms with Gasteiger partial charge >= 0.3 is 5.97 Å². The predicted molar refractivity (Wildman–Crippen MR) is 97.5 cm³/mol. The minimum Gasteiger partial charge on any atom is -0.454 e. The Balaban J connectivity index is 1.55. The molecule has 1 saturated carbocycles. The van der Waals surface area contributed by atoms with E-state index in [-0.39, 0.29) is 29.3 Å². The topological polar surface area (TPSA) is 92.8 Å². The number of likely N-dealkylation sites (tertiary alicyclic amines) is 1. The van der Waals surface area contributed by atoms with Gasteiger partial charge in [-0.25, -0.2) is 9.18 Å². The largest absolute Gasteiger partial charge is 0.454 e. The van der Waals surface area contributed by atoms with E-state index in [1.807, 2.05) is 0 Å². The van der Waals surface area contributed by atoms with Crippen molar-refractivity contribution in [1.82, 2.24) is 4.90 Å². The van der Waals surface area contributed by atoms with Gasteiger partial charge in [-0.15, -0.1) is 0 Å². The summed E-state index contributed by atoms with van der Waals surface area (Å²) in [4.78, 5) is 50.2. The molecule has 28 heavy (non-hydrogen) atoms. The van der Waals surface area contributed by atoms with Crippen molar-refractivity contribution >= 4 is 29.4 Å². The van der Waals surface area contributed by atoms with Gasteiger partial charge in [0.2, 0.25) is 11.8 Å². The second-order valence-electron chi connectivity index (χ2n) is 7.34. The van der Waals surface area contributed by atoms with E-state index in [1.54, 1.807) is 6.92 Å². The van der Waals surface area contributed by atoms with Crippen LogP contribution in [0.1, 0.15) is 38.2 Å². The van der Waals surface area contributed by atoms with E-state index in [1.165, 1.54) is 25.1 Å². The number of hydrogen-bond acceptors (Lipinski definition) is 5. The first-order chi connectivity index (χ1) is 13.3. The molecule has 1 heterocycles. The van der Waals surface area contributed by atoms with Crippen molar-refractivity contribution in [2.45, 2.75) is 45.6 Å². The van der Waals surface area contributed by atoms with Crippen molar-refractivity contribution < 1.29 is 28.3 Å². The van der Waals surface area contributed by atoms with E-state index >= 15 is 0 Å². The lowest BCUT2D eigenvalue weighted by molar-refractivity contribution is -0.159. The Morgan fingerprint density at radius 1 is 1.21 bits per heavy atom. The van der Waals surface area contributed by atoms with Gasteiger partial charge in [-0.1, -0.05) is 18.9 Å². The fourth-order valence-corrected chi connectivity index (χ4v) is 3.80. The molecule has 0 aromatic heterocycles. The first kappa shape index (κ1) is 20.0. The molecule has 1 aromatic carbocycles. The highest BCUT2D eigenvalue weighted by molar-refractivity contribution is 6.08. The molecule has 150 valence electrons. The fourth-order valence-electron chi connectivity index (χ4n) is 3.80. The number of esters is 1. The molecule has 1 N–H and O–H groups in total. The Morgan fingerprint density at radius 3 is 2.39 bits per heavy atom. The molecule has 2 fully saturated rings. The number of imide groups is 1. The normalized spacial score (nSPS) is 22.6. The van der Waals surface area contributed by atoms with Crippen LogP contribution in [0.5, 0.6) is 0 Å². The van der Waals surface area contributed by atoms with Crippen molar-refractivity contribution in [1.29, 1.82) is 0 Å². The molecule has 1 saturated heterocycles. The number of benzene rings is 1. The molecule has 0 radical (unpaired) electrons. The van der Waals surface area contributed by atoms with Crippen LogP contribution in [0, 0.1) is 24.6 Å². The Labute approximate surface area is 162 Å². The average molecular weight is 390 g/mol.